The third-order valence-corrected chi connectivity index (χ3v) is 3.64. The van der Waals surface area contributed by atoms with Crippen molar-refractivity contribution in [1.82, 2.24) is 25.1 Å². The second kappa shape index (κ2) is 5.54. The molecule has 0 radical (unpaired) electrons. The smallest absolute Gasteiger partial charge is 0.146 e. The van der Waals surface area contributed by atoms with Crippen molar-refractivity contribution in [2.24, 2.45) is 0 Å². The Hall–Kier alpha value is -2.02. The van der Waals surface area contributed by atoms with Gasteiger partial charge in [0.05, 0.1) is 11.4 Å². The number of nitrogens with one attached hydrogen (secondary N) is 1. The lowest BCUT2D eigenvalue weighted by molar-refractivity contribution is 0.263. The van der Waals surface area contributed by atoms with Gasteiger partial charge in [0.15, 0.2) is 0 Å². The van der Waals surface area contributed by atoms with E-state index in [2.05, 4.69) is 32.8 Å². The van der Waals surface area contributed by atoms with Gasteiger partial charge in [-0.05, 0) is 61.6 Å². The lowest BCUT2D eigenvalue weighted by Crippen LogP contribution is -2.36. The van der Waals surface area contributed by atoms with Gasteiger partial charge in [0, 0.05) is 6.04 Å². The van der Waals surface area contributed by atoms with Crippen LogP contribution in [-0.2, 0) is 0 Å². The molecule has 1 aliphatic heterocycles. The number of likely N-dealkylation sites (tertiary alicyclic amines) is 1. The molecule has 0 saturated carbocycles. The molecule has 20 heavy (non-hydrogen) atoms. The Morgan fingerprint density at radius 2 is 2.10 bits per heavy atom. The summed E-state index contributed by atoms with van der Waals surface area (Å²) in [6.45, 7) is 2.07. The first kappa shape index (κ1) is 13.0. The van der Waals surface area contributed by atoms with Gasteiger partial charge in [-0.3, -0.25) is 0 Å². The molecule has 0 atom stereocenters. The number of hydrogen-bond acceptors (Lipinski definition) is 5. The van der Waals surface area contributed by atoms with E-state index in [0.29, 0.717) is 11.7 Å². The van der Waals surface area contributed by atoms with Crippen molar-refractivity contribution in [3.8, 4) is 5.69 Å². The summed E-state index contributed by atoms with van der Waals surface area (Å²) in [4.78, 5) is 2.28. The van der Waals surface area contributed by atoms with Gasteiger partial charge >= 0.3 is 0 Å². The van der Waals surface area contributed by atoms with E-state index in [0.717, 1.165) is 31.6 Å². The van der Waals surface area contributed by atoms with Crippen molar-refractivity contribution < 1.29 is 4.39 Å². The van der Waals surface area contributed by atoms with E-state index in [9.17, 15) is 4.39 Å². The number of tetrazole rings is 1. The second-order valence-corrected chi connectivity index (χ2v) is 5.14. The van der Waals surface area contributed by atoms with Gasteiger partial charge in [-0.1, -0.05) is 0 Å². The maximum absolute atomic E-state index is 13.9. The Balaban J connectivity index is 1.77. The van der Waals surface area contributed by atoms with Gasteiger partial charge in [0.25, 0.3) is 0 Å². The summed E-state index contributed by atoms with van der Waals surface area (Å²) in [7, 11) is 2.11. The summed E-state index contributed by atoms with van der Waals surface area (Å²) < 4.78 is 15.4. The van der Waals surface area contributed by atoms with Crippen molar-refractivity contribution >= 4 is 5.69 Å². The van der Waals surface area contributed by atoms with Gasteiger partial charge in [0.2, 0.25) is 0 Å². The average Bonchev–Trinajstić information content (AvgIpc) is 2.98. The molecule has 7 heteroatoms. The third kappa shape index (κ3) is 2.77. The van der Waals surface area contributed by atoms with Crippen LogP contribution in [0, 0.1) is 5.82 Å². The fourth-order valence-electron chi connectivity index (χ4n) is 2.42. The molecule has 1 fully saturated rings. The zero-order valence-corrected chi connectivity index (χ0v) is 11.3. The van der Waals surface area contributed by atoms with Gasteiger partial charge in [-0.25, -0.2) is 9.07 Å². The normalized spacial score (nSPS) is 17.3. The van der Waals surface area contributed by atoms with Crippen molar-refractivity contribution in [3.63, 3.8) is 0 Å². The van der Waals surface area contributed by atoms with E-state index in [-0.39, 0.29) is 5.82 Å². The lowest BCUT2D eigenvalue weighted by Gasteiger charge is -2.30. The summed E-state index contributed by atoms with van der Waals surface area (Å²) in [5, 5.41) is 14.3. The zero-order valence-electron chi connectivity index (χ0n) is 11.3. The molecule has 1 N–H and O–H groups in total. The molecular weight excluding hydrogens is 259 g/mol. The molecule has 2 heterocycles. The zero-order chi connectivity index (χ0) is 13.9. The molecule has 106 valence electrons. The summed E-state index contributed by atoms with van der Waals surface area (Å²) in [5.41, 5.74) is 1.25. The van der Waals surface area contributed by atoms with Crippen LogP contribution in [0.25, 0.3) is 5.69 Å². The highest BCUT2D eigenvalue weighted by Gasteiger charge is 2.17. The van der Waals surface area contributed by atoms with E-state index in [1.807, 2.05) is 0 Å². The summed E-state index contributed by atoms with van der Waals surface area (Å²) in [6.07, 6.45) is 3.53. The number of benzene rings is 1. The summed E-state index contributed by atoms with van der Waals surface area (Å²) >= 11 is 0. The Kier molecular flexibility index (Phi) is 3.60. The number of rotatable bonds is 3. The Morgan fingerprint density at radius 3 is 2.80 bits per heavy atom. The standard InChI is InChI=1S/C13H17FN6/c1-19-6-4-10(5-7-19)16-13-8-11(2-3-12(13)14)20-9-15-17-18-20/h2-3,8-10,16H,4-7H2,1H3. The molecule has 0 aliphatic carbocycles. The van der Waals surface area contributed by atoms with Crippen LogP contribution in [0.5, 0.6) is 0 Å². The molecule has 1 aromatic carbocycles. The highest BCUT2D eigenvalue weighted by Crippen LogP contribution is 2.21. The first-order chi connectivity index (χ1) is 9.72. The van der Waals surface area contributed by atoms with E-state index in [4.69, 9.17) is 0 Å². The minimum atomic E-state index is -0.249. The number of piperidine rings is 1. The Bertz CT molecular complexity index is 562. The van der Waals surface area contributed by atoms with Crippen LogP contribution in [0.4, 0.5) is 10.1 Å². The SMILES string of the molecule is CN1CCC(Nc2cc(-n3cnnn3)ccc2F)CC1. The van der Waals surface area contributed by atoms with Crippen molar-refractivity contribution in [1.29, 1.82) is 0 Å². The largest absolute Gasteiger partial charge is 0.380 e. The molecule has 1 aromatic heterocycles. The third-order valence-electron chi connectivity index (χ3n) is 3.64. The van der Waals surface area contributed by atoms with Crippen LogP contribution < -0.4 is 5.32 Å². The summed E-state index contributed by atoms with van der Waals surface area (Å²) in [5.74, 6) is -0.249. The second-order valence-electron chi connectivity index (χ2n) is 5.14. The minimum Gasteiger partial charge on any atom is -0.380 e. The Labute approximate surface area is 116 Å². The van der Waals surface area contributed by atoms with Crippen LogP contribution in [0.3, 0.4) is 0 Å². The van der Waals surface area contributed by atoms with Crippen molar-refractivity contribution in [2.75, 3.05) is 25.5 Å². The molecule has 2 aromatic rings. The van der Waals surface area contributed by atoms with Gasteiger partial charge in [-0.15, -0.1) is 5.10 Å². The number of nitrogens with zero attached hydrogens (tertiary/aromatic N) is 5. The molecule has 1 aliphatic rings. The molecule has 6 nitrogen and oxygen atoms in total. The lowest BCUT2D eigenvalue weighted by atomic mass is 10.1. The van der Waals surface area contributed by atoms with Gasteiger partial charge in [-0.2, -0.15) is 0 Å². The van der Waals surface area contributed by atoms with E-state index >= 15 is 0 Å². The first-order valence-electron chi connectivity index (χ1n) is 6.70. The van der Waals surface area contributed by atoms with Crippen LogP contribution in [0.1, 0.15) is 12.8 Å². The number of hydrogen-bond donors (Lipinski definition) is 1. The predicted molar refractivity (Wildman–Crippen MR) is 73.3 cm³/mol. The van der Waals surface area contributed by atoms with Crippen LogP contribution in [-0.4, -0.2) is 51.3 Å². The molecule has 3 rings (SSSR count). The molecule has 0 amide bonds. The maximum atomic E-state index is 13.9. The first-order valence-corrected chi connectivity index (χ1v) is 6.70. The Morgan fingerprint density at radius 1 is 1.30 bits per heavy atom. The quantitative estimate of drug-likeness (QED) is 0.916. The van der Waals surface area contributed by atoms with Gasteiger partial charge in [0.1, 0.15) is 12.1 Å². The monoisotopic (exact) mass is 276 g/mol. The molecular formula is C13H17FN6. The van der Waals surface area contributed by atoms with Crippen molar-refractivity contribution in [3.05, 3.63) is 30.3 Å². The maximum Gasteiger partial charge on any atom is 0.146 e. The van der Waals surface area contributed by atoms with Crippen molar-refractivity contribution in [2.45, 2.75) is 18.9 Å². The fourth-order valence-corrected chi connectivity index (χ4v) is 2.42. The fraction of sp³-hybridized carbons (Fsp3) is 0.462. The van der Waals surface area contributed by atoms with Crippen LogP contribution in [0.2, 0.25) is 0 Å². The van der Waals surface area contributed by atoms with Crippen LogP contribution in [0.15, 0.2) is 24.5 Å². The molecule has 0 bridgehead atoms. The highest BCUT2D eigenvalue weighted by molar-refractivity contribution is 5.52. The highest BCUT2D eigenvalue weighted by atomic mass is 19.1. The topological polar surface area (TPSA) is 58.9 Å². The molecule has 1 saturated heterocycles. The van der Waals surface area contributed by atoms with E-state index in [1.54, 1.807) is 12.1 Å². The minimum absolute atomic E-state index is 0.249. The number of halogens is 1. The van der Waals surface area contributed by atoms with E-state index in [1.165, 1.54) is 17.1 Å². The number of anilines is 1. The predicted octanol–water partition coefficient (Wildman–Crippen LogP) is 1.31. The van der Waals surface area contributed by atoms with E-state index < -0.39 is 0 Å². The van der Waals surface area contributed by atoms with Gasteiger partial charge < -0.3 is 10.2 Å². The summed E-state index contributed by atoms with van der Waals surface area (Å²) in [6, 6.07) is 5.15. The average molecular weight is 276 g/mol. The molecule has 0 spiro atoms. The van der Waals surface area contributed by atoms with Crippen LogP contribution >= 0.6 is 0 Å². The number of aromatic nitrogens is 4. The molecule has 0 unspecified atom stereocenters.